The third-order valence-electron chi connectivity index (χ3n) is 7.44. The predicted octanol–water partition coefficient (Wildman–Crippen LogP) is 5.80. The molecule has 3 aliphatic heterocycles. The van der Waals surface area contributed by atoms with Gasteiger partial charge >= 0.3 is 6.09 Å². The number of benzene rings is 3. The number of amides is 1. The molecule has 0 unspecified atom stereocenters. The summed E-state index contributed by atoms with van der Waals surface area (Å²) in [5, 5.41) is 0. The molecule has 3 aromatic rings. The predicted molar refractivity (Wildman–Crippen MR) is 134 cm³/mol. The zero-order valence-corrected chi connectivity index (χ0v) is 20.2. The molecule has 3 aliphatic rings. The first kappa shape index (κ1) is 24.3. The number of piperidine rings is 3. The first-order chi connectivity index (χ1) is 17.5. The molecule has 36 heavy (non-hydrogen) atoms. The van der Waals surface area contributed by atoms with E-state index >= 15 is 0 Å². The number of halogens is 2. The summed E-state index contributed by atoms with van der Waals surface area (Å²) in [4.78, 5) is 14.8. The Morgan fingerprint density at radius 2 is 1.64 bits per heavy atom. The number of hydrogen-bond acceptors (Lipinski definition) is 3. The average Bonchev–Trinajstić information content (AvgIpc) is 2.88. The van der Waals surface area contributed by atoms with Gasteiger partial charge < -0.3 is 14.0 Å². The summed E-state index contributed by atoms with van der Waals surface area (Å²) in [6.07, 6.45) is 1.22. The van der Waals surface area contributed by atoms with Crippen molar-refractivity contribution in [2.75, 3.05) is 37.7 Å². The van der Waals surface area contributed by atoms with Crippen molar-refractivity contribution in [2.24, 2.45) is 5.92 Å². The standard InChI is InChI=1S/C29H31F2N2O3/c30-24-7-4-6-22(18-24)20-32(26-9-5-8-25(31)19-26)29(34)36-28-21-33(14-12-23(28)13-15-33)16-17-35-27-10-2-1-3-11-27/h1-11,18-19,23,28H,12-17,20-21H2/q+1/t23?,28-,33?/m0/s1. The van der Waals surface area contributed by atoms with Crippen molar-refractivity contribution >= 4 is 11.8 Å². The zero-order chi connectivity index (χ0) is 25.0. The SMILES string of the molecule is O=C(O[C@H]1C[N+]2(CCOc3ccccc3)CCC1CC2)N(Cc1cccc(F)c1)c1cccc(F)c1. The molecule has 0 N–H and O–H groups in total. The molecule has 5 nitrogen and oxygen atoms in total. The number of para-hydroxylation sites is 1. The van der Waals surface area contributed by atoms with Crippen LogP contribution in [0.5, 0.6) is 5.75 Å². The molecular formula is C29H31F2N2O3+. The third kappa shape index (κ3) is 5.68. The number of rotatable bonds is 8. The number of quaternary nitrogens is 1. The molecular weight excluding hydrogens is 462 g/mol. The van der Waals surface area contributed by atoms with Crippen LogP contribution in [0.25, 0.3) is 0 Å². The van der Waals surface area contributed by atoms with Crippen LogP contribution in [0, 0.1) is 17.6 Å². The summed E-state index contributed by atoms with van der Waals surface area (Å²) in [5.74, 6) is 0.332. The Balaban J connectivity index is 1.28. The maximum Gasteiger partial charge on any atom is 0.415 e. The number of nitrogens with zero attached hydrogens (tertiary/aromatic N) is 2. The molecule has 188 valence electrons. The second-order valence-electron chi connectivity index (χ2n) is 9.81. The lowest BCUT2D eigenvalue weighted by atomic mass is 9.83. The zero-order valence-electron chi connectivity index (χ0n) is 20.2. The van der Waals surface area contributed by atoms with Gasteiger partial charge in [0.05, 0.1) is 25.3 Å². The van der Waals surface area contributed by atoms with Crippen LogP contribution in [0.15, 0.2) is 78.9 Å². The number of anilines is 1. The fourth-order valence-electron chi connectivity index (χ4n) is 5.46. The Bertz CT molecular complexity index is 1180. The van der Waals surface area contributed by atoms with Crippen molar-refractivity contribution in [3.8, 4) is 5.75 Å². The van der Waals surface area contributed by atoms with Gasteiger partial charge in [0.2, 0.25) is 0 Å². The summed E-state index contributed by atoms with van der Waals surface area (Å²) >= 11 is 0. The maximum atomic E-state index is 14.0. The highest BCUT2D eigenvalue weighted by molar-refractivity contribution is 5.87. The molecule has 0 saturated carbocycles. The van der Waals surface area contributed by atoms with Crippen molar-refractivity contribution in [1.29, 1.82) is 0 Å². The van der Waals surface area contributed by atoms with Gasteiger partial charge in [0, 0.05) is 18.8 Å². The number of hydrogen-bond donors (Lipinski definition) is 0. The van der Waals surface area contributed by atoms with E-state index in [1.54, 1.807) is 24.3 Å². The van der Waals surface area contributed by atoms with E-state index < -0.39 is 11.9 Å². The first-order valence-corrected chi connectivity index (χ1v) is 12.5. The highest BCUT2D eigenvalue weighted by Crippen LogP contribution is 2.36. The van der Waals surface area contributed by atoms with Gasteiger partial charge in [0.15, 0.2) is 6.10 Å². The van der Waals surface area contributed by atoms with Crippen LogP contribution in [0.3, 0.4) is 0 Å². The van der Waals surface area contributed by atoms with Gasteiger partial charge in [-0.25, -0.2) is 13.6 Å². The fourth-order valence-corrected chi connectivity index (χ4v) is 5.46. The summed E-state index contributed by atoms with van der Waals surface area (Å²) in [5.41, 5.74) is 0.984. The highest BCUT2D eigenvalue weighted by atomic mass is 19.1. The van der Waals surface area contributed by atoms with Crippen LogP contribution in [0.2, 0.25) is 0 Å². The molecule has 2 bridgehead atoms. The summed E-state index contributed by atoms with van der Waals surface area (Å²) in [6, 6.07) is 21.7. The van der Waals surface area contributed by atoms with Crippen LogP contribution >= 0.6 is 0 Å². The molecule has 1 atom stereocenters. The molecule has 3 heterocycles. The van der Waals surface area contributed by atoms with Crippen LogP contribution in [-0.2, 0) is 11.3 Å². The van der Waals surface area contributed by atoms with E-state index in [0.29, 0.717) is 23.8 Å². The van der Waals surface area contributed by atoms with Crippen molar-refractivity contribution in [1.82, 2.24) is 0 Å². The Labute approximate surface area is 210 Å². The first-order valence-electron chi connectivity index (χ1n) is 12.5. The quantitative estimate of drug-likeness (QED) is 0.373. The summed E-state index contributed by atoms with van der Waals surface area (Å²) in [7, 11) is 0. The van der Waals surface area contributed by atoms with E-state index in [9.17, 15) is 13.6 Å². The smallest absolute Gasteiger partial charge is 0.415 e. The lowest BCUT2D eigenvalue weighted by molar-refractivity contribution is -0.946. The van der Waals surface area contributed by atoms with E-state index in [2.05, 4.69) is 0 Å². The number of fused-ring (bicyclic) bond motifs is 3. The van der Waals surface area contributed by atoms with Crippen molar-refractivity contribution in [2.45, 2.75) is 25.5 Å². The third-order valence-corrected chi connectivity index (χ3v) is 7.44. The Morgan fingerprint density at radius 1 is 0.917 bits per heavy atom. The van der Waals surface area contributed by atoms with E-state index in [1.165, 1.54) is 29.2 Å². The van der Waals surface area contributed by atoms with Gasteiger partial charge in [-0.2, -0.15) is 0 Å². The van der Waals surface area contributed by atoms with Gasteiger partial charge in [-0.1, -0.05) is 36.4 Å². The molecule has 3 aromatic carbocycles. The van der Waals surface area contributed by atoms with Gasteiger partial charge in [-0.3, -0.25) is 4.90 Å². The van der Waals surface area contributed by atoms with Crippen LogP contribution < -0.4 is 9.64 Å². The fraction of sp³-hybridized carbons (Fsp3) is 0.345. The van der Waals surface area contributed by atoms with E-state index in [4.69, 9.17) is 9.47 Å². The number of carbonyl (C=O) groups is 1. The Morgan fingerprint density at radius 3 is 2.36 bits per heavy atom. The van der Waals surface area contributed by atoms with E-state index in [-0.39, 0.29) is 18.5 Å². The number of ether oxygens (including phenoxy) is 2. The van der Waals surface area contributed by atoms with Gasteiger partial charge in [-0.15, -0.1) is 0 Å². The van der Waals surface area contributed by atoms with Crippen molar-refractivity contribution < 1.29 is 27.5 Å². The molecule has 7 heteroatoms. The summed E-state index contributed by atoms with van der Waals surface area (Å²) in [6.45, 7) is 4.38. The molecule has 1 amide bonds. The normalized spacial score (nSPS) is 22.7. The minimum Gasteiger partial charge on any atom is -0.488 e. The van der Waals surface area contributed by atoms with Crippen molar-refractivity contribution in [3.63, 3.8) is 0 Å². The topological polar surface area (TPSA) is 38.8 Å². The molecule has 3 fully saturated rings. The second-order valence-corrected chi connectivity index (χ2v) is 9.81. The molecule has 0 aromatic heterocycles. The molecule has 0 aliphatic carbocycles. The molecule has 0 radical (unpaired) electrons. The number of carbonyl (C=O) groups excluding carboxylic acids is 1. The Kier molecular flexibility index (Phi) is 7.18. The lowest BCUT2D eigenvalue weighted by Crippen LogP contribution is -2.65. The summed E-state index contributed by atoms with van der Waals surface area (Å²) < 4.78 is 40.7. The van der Waals surface area contributed by atoms with Crippen LogP contribution in [0.4, 0.5) is 19.3 Å². The maximum absolute atomic E-state index is 14.0. The molecule has 0 spiro atoms. The van der Waals surface area contributed by atoms with Crippen LogP contribution in [-0.4, -0.2) is 49.5 Å². The largest absolute Gasteiger partial charge is 0.488 e. The molecule has 6 rings (SSSR count). The molecule has 3 saturated heterocycles. The van der Waals surface area contributed by atoms with Crippen molar-refractivity contribution in [3.05, 3.63) is 96.1 Å². The lowest BCUT2D eigenvalue weighted by Gasteiger charge is -2.52. The second kappa shape index (κ2) is 10.7. The van der Waals surface area contributed by atoms with E-state index in [1.807, 2.05) is 30.3 Å². The van der Waals surface area contributed by atoms with E-state index in [0.717, 1.165) is 49.3 Å². The van der Waals surface area contributed by atoms with Crippen LogP contribution in [0.1, 0.15) is 18.4 Å². The van der Waals surface area contributed by atoms with Gasteiger partial charge in [-0.05, 0) is 48.0 Å². The monoisotopic (exact) mass is 493 g/mol. The average molecular weight is 494 g/mol. The minimum absolute atomic E-state index is 0.0857. The van der Waals surface area contributed by atoms with Gasteiger partial charge in [0.1, 0.15) is 37.1 Å². The minimum atomic E-state index is -0.540. The van der Waals surface area contributed by atoms with Gasteiger partial charge in [0.25, 0.3) is 0 Å². The highest BCUT2D eigenvalue weighted by Gasteiger charge is 2.48. The Hall–Kier alpha value is -3.45.